The van der Waals surface area contributed by atoms with Crippen molar-refractivity contribution in [2.75, 3.05) is 5.32 Å². The van der Waals surface area contributed by atoms with Crippen LogP contribution in [0.1, 0.15) is 19.4 Å². The second-order valence-electron chi connectivity index (χ2n) is 6.09. The van der Waals surface area contributed by atoms with Crippen molar-refractivity contribution in [3.8, 4) is 11.4 Å². The van der Waals surface area contributed by atoms with Crippen LogP contribution in [0.4, 0.5) is 5.69 Å². The topological polar surface area (TPSA) is 59.8 Å². The number of hydrogen-bond donors (Lipinski definition) is 1. The summed E-state index contributed by atoms with van der Waals surface area (Å²) in [6, 6.07) is 15.3. The number of thioether (sulfide) groups is 1. The van der Waals surface area contributed by atoms with Gasteiger partial charge in [-0.25, -0.2) is 0 Å². The van der Waals surface area contributed by atoms with E-state index in [0.29, 0.717) is 10.7 Å². The lowest BCUT2D eigenvalue weighted by Gasteiger charge is -2.14. The fourth-order valence-corrected chi connectivity index (χ4v) is 3.79. The Kier molecular flexibility index (Phi) is 6.19. The van der Waals surface area contributed by atoms with Crippen molar-refractivity contribution < 1.29 is 4.79 Å². The number of halogens is 1. The first-order valence-corrected chi connectivity index (χ1v) is 9.98. The van der Waals surface area contributed by atoms with Gasteiger partial charge in [-0.3, -0.25) is 4.79 Å². The highest BCUT2D eigenvalue weighted by Crippen LogP contribution is 2.29. The van der Waals surface area contributed by atoms with Crippen molar-refractivity contribution in [3.63, 3.8) is 0 Å². The zero-order chi connectivity index (χ0) is 19.4. The highest BCUT2D eigenvalue weighted by Gasteiger charge is 2.21. The monoisotopic (exact) mass is 400 g/mol. The summed E-state index contributed by atoms with van der Waals surface area (Å²) in [6.45, 7) is 6.66. The van der Waals surface area contributed by atoms with Crippen LogP contribution in [-0.2, 0) is 11.3 Å². The van der Waals surface area contributed by atoms with Crippen LogP contribution in [0.5, 0.6) is 0 Å². The predicted octanol–water partition coefficient (Wildman–Crippen LogP) is 5.05. The third-order valence-electron chi connectivity index (χ3n) is 4.20. The molecule has 3 rings (SSSR count). The zero-order valence-electron chi connectivity index (χ0n) is 15.4. The van der Waals surface area contributed by atoms with Crippen LogP contribution in [0.2, 0.25) is 5.02 Å². The SMILES string of the molecule is CCn1c(S[C@H](C)C(=O)Nc2ccccc2Cl)nnc1-c1ccccc1C. The minimum atomic E-state index is -0.347. The van der Waals surface area contributed by atoms with Crippen LogP contribution in [0.3, 0.4) is 0 Å². The van der Waals surface area contributed by atoms with Gasteiger partial charge in [0.2, 0.25) is 5.91 Å². The highest BCUT2D eigenvalue weighted by atomic mass is 35.5. The largest absolute Gasteiger partial charge is 0.324 e. The molecular weight excluding hydrogens is 380 g/mol. The molecule has 5 nitrogen and oxygen atoms in total. The fraction of sp³-hybridized carbons (Fsp3) is 0.250. The van der Waals surface area contributed by atoms with Gasteiger partial charge in [0.1, 0.15) is 0 Å². The highest BCUT2D eigenvalue weighted by molar-refractivity contribution is 8.00. The molecule has 0 saturated heterocycles. The van der Waals surface area contributed by atoms with E-state index < -0.39 is 0 Å². The average Bonchev–Trinajstić information content (AvgIpc) is 3.06. The molecule has 3 aromatic rings. The van der Waals surface area contributed by atoms with E-state index in [4.69, 9.17) is 11.6 Å². The number of rotatable bonds is 6. The lowest BCUT2D eigenvalue weighted by Crippen LogP contribution is -2.23. The number of benzene rings is 2. The molecule has 0 fully saturated rings. The lowest BCUT2D eigenvalue weighted by atomic mass is 10.1. The van der Waals surface area contributed by atoms with Crippen LogP contribution >= 0.6 is 23.4 Å². The van der Waals surface area contributed by atoms with Gasteiger partial charge in [0, 0.05) is 12.1 Å². The van der Waals surface area contributed by atoms with Crippen molar-refractivity contribution in [1.82, 2.24) is 14.8 Å². The maximum Gasteiger partial charge on any atom is 0.237 e. The minimum absolute atomic E-state index is 0.129. The zero-order valence-corrected chi connectivity index (χ0v) is 17.0. The van der Waals surface area contributed by atoms with Gasteiger partial charge in [0.15, 0.2) is 11.0 Å². The molecule has 2 aromatic carbocycles. The van der Waals surface area contributed by atoms with Gasteiger partial charge in [0.25, 0.3) is 0 Å². The van der Waals surface area contributed by atoms with Gasteiger partial charge >= 0.3 is 0 Å². The van der Waals surface area contributed by atoms with Crippen molar-refractivity contribution in [3.05, 3.63) is 59.1 Å². The Morgan fingerprint density at radius 3 is 2.59 bits per heavy atom. The first-order chi connectivity index (χ1) is 13.0. The minimum Gasteiger partial charge on any atom is -0.324 e. The molecule has 1 amide bonds. The summed E-state index contributed by atoms with van der Waals surface area (Å²) in [6.07, 6.45) is 0. The standard InChI is InChI=1S/C20H21ClN4OS/c1-4-25-18(15-10-6-5-9-13(15)2)23-24-20(25)27-14(3)19(26)22-17-12-8-7-11-16(17)21/h5-12,14H,4H2,1-3H3,(H,22,26)/t14-/m1/s1. The maximum absolute atomic E-state index is 12.6. The second-order valence-corrected chi connectivity index (χ2v) is 7.81. The van der Waals surface area contributed by atoms with Crippen molar-refractivity contribution in [2.45, 2.75) is 37.7 Å². The molecule has 27 heavy (non-hydrogen) atoms. The van der Waals surface area contributed by atoms with Crippen LogP contribution in [0, 0.1) is 6.92 Å². The second kappa shape index (κ2) is 8.59. The molecule has 0 spiro atoms. The van der Waals surface area contributed by atoms with Crippen LogP contribution in [0.25, 0.3) is 11.4 Å². The molecule has 0 saturated carbocycles. The third-order valence-corrected chi connectivity index (χ3v) is 5.61. The summed E-state index contributed by atoms with van der Waals surface area (Å²) < 4.78 is 2.03. The van der Waals surface area contributed by atoms with Gasteiger partial charge in [-0.1, -0.05) is 59.8 Å². The van der Waals surface area contributed by atoms with E-state index in [1.54, 1.807) is 12.1 Å². The molecule has 1 heterocycles. The van der Waals surface area contributed by atoms with E-state index in [9.17, 15) is 4.79 Å². The molecule has 0 unspecified atom stereocenters. The third kappa shape index (κ3) is 4.34. The van der Waals surface area contributed by atoms with Gasteiger partial charge in [-0.2, -0.15) is 0 Å². The Hall–Kier alpha value is -2.31. The molecule has 0 aliphatic carbocycles. The number of hydrogen-bond acceptors (Lipinski definition) is 4. The number of aryl methyl sites for hydroxylation is 1. The first kappa shape index (κ1) is 19.5. The Bertz CT molecular complexity index is 957. The van der Waals surface area contributed by atoms with Crippen LogP contribution in [0.15, 0.2) is 53.7 Å². The number of para-hydroxylation sites is 1. The summed E-state index contributed by atoms with van der Waals surface area (Å²) in [5.41, 5.74) is 2.79. The molecule has 0 radical (unpaired) electrons. The molecule has 0 aliphatic rings. The van der Waals surface area contributed by atoms with Gasteiger partial charge in [0.05, 0.1) is 16.0 Å². The maximum atomic E-state index is 12.6. The Labute approximate surface area is 168 Å². The molecule has 1 atom stereocenters. The fourth-order valence-electron chi connectivity index (χ4n) is 2.69. The van der Waals surface area contributed by atoms with E-state index in [0.717, 1.165) is 28.7 Å². The van der Waals surface area contributed by atoms with Gasteiger partial charge in [-0.15, -0.1) is 10.2 Å². The number of amides is 1. The summed E-state index contributed by atoms with van der Waals surface area (Å²) in [4.78, 5) is 12.6. The summed E-state index contributed by atoms with van der Waals surface area (Å²) in [7, 11) is 0. The quantitative estimate of drug-likeness (QED) is 0.588. The molecular formula is C20H21ClN4OS. The lowest BCUT2D eigenvalue weighted by molar-refractivity contribution is -0.115. The summed E-state index contributed by atoms with van der Waals surface area (Å²) in [5.74, 6) is 0.688. The molecule has 140 valence electrons. The predicted molar refractivity (Wildman–Crippen MR) is 111 cm³/mol. The van der Waals surface area contributed by atoms with E-state index in [1.165, 1.54) is 11.8 Å². The van der Waals surface area contributed by atoms with E-state index >= 15 is 0 Å². The van der Waals surface area contributed by atoms with Crippen molar-refractivity contribution in [1.29, 1.82) is 0 Å². The van der Waals surface area contributed by atoms with E-state index in [-0.39, 0.29) is 11.2 Å². The molecule has 1 aromatic heterocycles. The van der Waals surface area contributed by atoms with Crippen LogP contribution in [-0.4, -0.2) is 25.9 Å². The normalized spacial score (nSPS) is 12.0. The molecule has 7 heteroatoms. The van der Waals surface area contributed by atoms with Crippen LogP contribution < -0.4 is 5.32 Å². The number of carbonyl (C=O) groups is 1. The van der Waals surface area contributed by atoms with Crippen molar-refractivity contribution >= 4 is 35.0 Å². The molecule has 1 N–H and O–H groups in total. The van der Waals surface area contributed by atoms with E-state index in [2.05, 4.69) is 28.5 Å². The molecule has 0 aliphatic heterocycles. The number of nitrogens with zero attached hydrogens (tertiary/aromatic N) is 3. The number of nitrogens with one attached hydrogen (secondary N) is 1. The number of anilines is 1. The van der Waals surface area contributed by atoms with Gasteiger partial charge in [-0.05, 0) is 38.5 Å². The Morgan fingerprint density at radius 1 is 1.19 bits per heavy atom. The number of carbonyl (C=O) groups excluding carboxylic acids is 1. The van der Waals surface area contributed by atoms with E-state index in [1.807, 2.05) is 48.7 Å². The summed E-state index contributed by atoms with van der Waals surface area (Å²) >= 11 is 7.50. The number of aromatic nitrogens is 3. The van der Waals surface area contributed by atoms with Crippen molar-refractivity contribution in [2.24, 2.45) is 0 Å². The summed E-state index contributed by atoms with van der Waals surface area (Å²) in [5, 5.41) is 12.4. The average molecular weight is 401 g/mol. The Balaban J connectivity index is 1.78. The Morgan fingerprint density at radius 2 is 1.89 bits per heavy atom. The van der Waals surface area contributed by atoms with Gasteiger partial charge < -0.3 is 9.88 Å². The first-order valence-electron chi connectivity index (χ1n) is 8.72. The molecule has 0 bridgehead atoms. The smallest absolute Gasteiger partial charge is 0.237 e.